The van der Waals surface area contributed by atoms with Gasteiger partial charge in [0.05, 0.1) is 6.04 Å². The Morgan fingerprint density at radius 1 is 1.25 bits per heavy atom. The Bertz CT molecular complexity index is 296. The van der Waals surface area contributed by atoms with Crippen molar-refractivity contribution in [1.82, 2.24) is 9.80 Å². The molecule has 1 saturated heterocycles. The minimum absolute atomic E-state index is 0.0380. The van der Waals surface area contributed by atoms with Crippen LogP contribution in [0.15, 0.2) is 0 Å². The van der Waals surface area contributed by atoms with Crippen LogP contribution in [0.3, 0.4) is 0 Å². The van der Waals surface area contributed by atoms with Gasteiger partial charge in [-0.15, -0.1) is 0 Å². The summed E-state index contributed by atoms with van der Waals surface area (Å²) in [6.45, 7) is 12.8. The molecule has 1 atom stereocenters. The Balaban J connectivity index is 2.64. The summed E-state index contributed by atoms with van der Waals surface area (Å²) in [4.78, 5) is 17.0. The van der Waals surface area contributed by atoms with Crippen LogP contribution < -0.4 is 5.73 Å². The first-order valence-corrected chi connectivity index (χ1v) is 8.14. The maximum absolute atomic E-state index is 12.7. The second-order valence-corrected chi connectivity index (χ2v) is 6.85. The molecule has 1 unspecified atom stereocenters. The number of carbonyl (C=O) groups is 1. The molecule has 1 heterocycles. The van der Waals surface area contributed by atoms with Gasteiger partial charge in [-0.2, -0.15) is 0 Å². The van der Waals surface area contributed by atoms with Gasteiger partial charge in [0, 0.05) is 19.6 Å². The van der Waals surface area contributed by atoms with Crippen molar-refractivity contribution < 1.29 is 4.79 Å². The van der Waals surface area contributed by atoms with E-state index in [1.807, 2.05) is 6.92 Å². The standard InChI is InChI=1S/C16H33N3O/c1-5-18(13-16(3,4)12-17)14(2)15(20)19-10-8-6-7-9-11-19/h14H,5-13,17H2,1-4H3. The molecule has 0 radical (unpaired) electrons. The molecule has 1 fully saturated rings. The van der Waals surface area contributed by atoms with Crippen molar-refractivity contribution in [3.8, 4) is 0 Å². The van der Waals surface area contributed by atoms with E-state index in [4.69, 9.17) is 5.73 Å². The monoisotopic (exact) mass is 283 g/mol. The summed E-state index contributed by atoms with van der Waals surface area (Å²) < 4.78 is 0. The number of likely N-dealkylation sites (N-methyl/N-ethyl adjacent to an activating group) is 1. The van der Waals surface area contributed by atoms with Gasteiger partial charge in [0.2, 0.25) is 5.91 Å². The largest absolute Gasteiger partial charge is 0.341 e. The SMILES string of the molecule is CCN(CC(C)(C)CN)C(C)C(=O)N1CCCCCC1. The number of nitrogens with two attached hydrogens (primary N) is 1. The van der Waals surface area contributed by atoms with Crippen molar-refractivity contribution in [2.45, 2.75) is 59.4 Å². The number of nitrogens with zero attached hydrogens (tertiary/aromatic N) is 2. The van der Waals surface area contributed by atoms with E-state index in [1.165, 1.54) is 12.8 Å². The van der Waals surface area contributed by atoms with Gasteiger partial charge in [0.1, 0.15) is 0 Å². The molecule has 2 N–H and O–H groups in total. The molecule has 0 spiro atoms. The quantitative estimate of drug-likeness (QED) is 0.812. The fraction of sp³-hybridized carbons (Fsp3) is 0.938. The van der Waals surface area contributed by atoms with E-state index >= 15 is 0 Å². The molecular formula is C16H33N3O. The Hall–Kier alpha value is -0.610. The van der Waals surface area contributed by atoms with Crippen LogP contribution in [0.5, 0.6) is 0 Å². The Labute approximate surface area is 124 Å². The van der Waals surface area contributed by atoms with E-state index in [-0.39, 0.29) is 11.5 Å². The van der Waals surface area contributed by atoms with Gasteiger partial charge in [-0.25, -0.2) is 0 Å². The first-order chi connectivity index (χ1) is 9.41. The van der Waals surface area contributed by atoms with Crippen molar-refractivity contribution in [2.75, 3.05) is 32.7 Å². The second-order valence-electron chi connectivity index (χ2n) is 6.85. The van der Waals surface area contributed by atoms with Crippen LogP contribution in [0.1, 0.15) is 53.4 Å². The van der Waals surface area contributed by atoms with Gasteiger partial charge in [-0.3, -0.25) is 9.69 Å². The Morgan fingerprint density at radius 2 is 1.80 bits per heavy atom. The topological polar surface area (TPSA) is 49.6 Å². The predicted molar refractivity (Wildman–Crippen MR) is 84.6 cm³/mol. The van der Waals surface area contributed by atoms with Crippen LogP contribution in [0.25, 0.3) is 0 Å². The Kier molecular flexibility index (Phi) is 6.96. The number of carbonyl (C=O) groups excluding carboxylic acids is 1. The number of rotatable bonds is 6. The van der Waals surface area contributed by atoms with Gasteiger partial charge in [-0.1, -0.05) is 33.6 Å². The lowest BCUT2D eigenvalue weighted by molar-refractivity contribution is -0.136. The third kappa shape index (κ3) is 5.06. The molecule has 0 aromatic heterocycles. The highest BCUT2D eigenvalue weighted by atomic mass is 16.2. The third-order valence-corrected chi connectivity index (χ3v) is 4.41. The fourth-order valence-corrected chi connectivity index (χ4v) is 2.85. The number of likely N-dealkylation sites (tertiary alicyclic amines) is 1. The van der Waals surface area contributed by atoms with Crippen LogP contribution in [-0.2, 0) is 4.79 Å². The minimum atomic E-state index is -0.0380. The zero-order valence-corrected chi connectivity index (χ0v) is 13.8. The summed E-state index contributed by atoms with van der Waals surface area (Å²) in [6.07, 6.45) is 4.82. The van der Waals surface area contributed by atoms with Gasteiger partial charge in [-0.05, 0) is 38.3 Å². The van der Waals surface area contributed by atoms with Crippen LogP contribution in [0.4, 0.5) is 0 Å². The summed E-state index contributed by atoms with van der Waals surface area (Å²) >= 11 is 0. The van der Waals surface area contributed by atoms with Crippen LogP contribution >= 0.6 is 0 Å². The molecule has 1 aliphatic heterocycles. The molecular weight excluding hydrogens is 250 g/mol. The molecule has 0 aromatic carbocycles. The zero-order valence-electron chi connectivity index (χ0n) is 13.8. The average Bonchev–Trinajstić information content (AvgIpc) is 2.72. The van der Waals surface area contributed by atoms with E-state index < -0.39 is 0 Å². The van der Waals surface area contributed by atoms with Crippen molar-refractivity contribution in [1.29, 1.82) is 0 Å². The van der Waals surface area contributed by atoms with Crippen molar-refractivity contribution in [2.24, 2.45) is 11.1 Å². The van der Waals surface area contributed by atoms with Gasteiger partial charge in [0.25, 0.3) is 0 Å². The number of amides is 1. The summed E-state index contributed by atoms with van der Waals surface area (Å²) in [5.74, 6) is 0.293. The number of hydrogen-bond acceptors (Lipinski definition) is 3. The van der Waals surface area contributed by atoms with Crippen LogP contribution in [0.2, 0.25) is 0 Å². The summed E-state index contributed by atoms with van der Waals surface area (Å²) in [6, 6.07) is -0.0380. The van der Waals surface area contributed by atoms with Crippen LogP contribution in [0, 0.1) is 5.41 Å². The normalized spacial score (nSPS) is 19.0. The molecule has 1 amide bonds. The molecule has 20 heavy (non-hydrogen) atoms. The van der Waals surface area contributed by atoms with E-state index in [1.54, 1.807) is 0 Å². The summed E-state index contributed by atoms with van der Waals surface area (Å²) in [5.41, 5.74) is 5.89. The molecule has 0 bridgehead atoms. The Morgan fingerprint density at radius 3 is 2.25 bits per heavy atom. The highest BCUT2D eigenvalue weighted by Crippen LogP contribution is 2.18. The molecule has 0 aliphatic carbocycles. The van der Waals surface area contributed by atoms with Gasteiger partial charge >= 0.3 is 0 Å². The lowest BCUT2D eigenvalue weighted by atomic mass is 9.92. The van der Waals surface area contributed by atoms with E-state index in [0.29, 0.717) is 12.5 Å². The molecule has 118 valence electrons. The minimum Gasteiger partial charge on any atom is -0.341 e. The average molecular weight is 283 g/mol. The molecule has 1 aliphatic rings. The second kappa shape index (κ2) is 7.99. The highest BCUT2D eigenvalue weighted by Gasteiger charge is 2.29. The maximum atomic E-state index is 12.7. The lowest BCUT2D eigenvalue weighted by Crippen LogP contribution is -2.50. The van der Waals surface area contributed by atoms with Gasteiger partial charge < -0.3 is 10.6 Å². The molecule has 0 aromatic rings. The molecule has 4 nitrogen and oxygen atoms in total. The lowest BCUT2D eigenvalue weighted by Gasteiger charge is -2.36. The fourth-order valence-electron chi connectivity index (χ4n) is 2.85. The van der Waals surface area contributed by atoms with Gasteiger partial charge in [0.15, 0.2) is 0 Å². The first-order valence-electron chi connectivity index (χ1n) is 8.14. The zero-order chi connectivity index (χ0) is 15.2. The first kappa shape index (κ1) is 17.4. The van der Waals surface area contributed by atoms with Crippen molar-refractivity contribution >= 4 is 5.91 Å². The van der Waals surface area contributed by atoms with E-state index in [9.17, 15) is 4.79 Å². The summed E-state index contributed by atoms with van der Waals surface area (Å²) in [5, 5.41) is 0. The number of hydrogen-bond donors (Lipinski definition) is 1. The maximum Gasteiger partial charge on any atom is 0.239 e. The van der Waals surface area contributed by atoms with Crippen LogP contribution in [-0.4, -0.2) is 54.5 Å². The highest BCUT2D eigenvalue weighted by molar-refractivity contribution is 5.81. The van der Waals surface area contributed by atoms with E-state index in [2.05, 4.69) is 30.6 Å². The molecule has 4 heteroatoms. The summed E-state index contributed by atoms with van der Waals surface area (Å²) in [7, 11) is 0. The smallest absolute Gasteiger partial charge is 0.239 e. The van der Waals surface area contributed by atoms with Crippen molar-refractivity contribution in [3.63, 3.8) is 0 Å². The van der Waals surface area contributed by atoms with E-state index in [0.717, 1.165) is 39.0 Å². The van der Waals surface area contributed by atoms with Crippen molar-refractivity contribution in [3.05, 3.63) is 0 Å². The predicted octanol–water partition coefficient (Wildman–Crippen LogP) is 2.08. The molecule has 0 saturated carbocycles. The third-order valence-electron chi connectivity index (χ3n) is 4.41. The molecule has 1 rings (SSSR count).